The fourth-order valence-electron chi connectivity index (χ4n) is 1.92. The van der Waals surface area contributed by atoms with E-state index in [4.69, 9.17) is 5.73 Å². The van der Waals surface area contributed by atoms with Crippen LogP contribution in [-0.4, -0.2) is 20.2 Å². The van der Waals surface area contributed by atoms with Crippen molar-refractivity contribution in [3.05, 3.63) is 54.1 Å². The van der Waals surface area contributed by atoms with Gasteiger partial charge in [0.2, 0.25) is 0 Å². The molecule has 0 fully saturated rings. The van der Waals surface area contributed by atoms with Gasteiger partial charge in [-0.2, -0.15) is 4.68 Å². The van der Waals surface area contributed by atoms with Crippen molar-refractivity contribution in [2.24, 2.45) is 0 Å². The van der Waals surface area contributed by atoms with Gasteiger partial charge in [0.05, 0.1) is 5.69 Å². The lowest BCUT2D eigenvalue weighted by Gasteiger charge is -2.07. The minimum atomic E-state index is 0.713. The zero-order chi connectivity index (χ0) is 13.2. The van der Waals surface area contributed by atoms with E-state index in [-0.39, 0.29) is 0 Å². The van der Waals surface area contributed by atoms with Crippen molar-refractivity contribution in [2.75, 3.05) is 5.73 Å². The number of nitrogens with zero attached hydrogens (tertiary/aromatic N) is 4. The van der Waals surface area contributed by atoms with Gasteiger partial charge in [0.1, 0.15) is 0 Å². The maximum absolute atomic E-state index is 5.83. The van der Waals surface area contributed by atoms with Crippen LogP contribution >= 0.6 is 0 Å². The van der Waals surface area contributed by atoms with Crippen LogP contribution in [0.3, 0.4) is 0 Å². The largest absolute Gasteiger partial charge is 0.399 e. The van der Waals surface area contributed by atoms with Crippen LogP contribution in [0.2, 0.25) is 0 Å². The van der Waals surface area contributed by atoms with E-state index in [1.54, 1.807) is 4.68 Å². The number of hydrogen-bond acceptors (Lipinski definition) is 4. The fraction of sp³-hybridized carbons (Fsp3) is 0.0714. The SMILES string of the molecule is Cc1cc(-n2nnnc2-c2ccccc2)ccc1N. The average Bonchev–Trinajstić information content (AvgIpc) is 2.92. The lowest BCUT2D eigenvalue weighted by atomic mass is 10.1. The molecule has 2 aromatic carbocycles. The van der Waals surface area contributed by atoms with E-state index in [1.807, 2.05) is 55.5 Å². The van der Waals surface area contributed by atoms with Gasteiger partial charge >= 0.3 is 0 Å². The van der Waals surface area contributed by atoms with Crippen molar-refractivity contribution in [1.29, 1.82) is 0 Å². The van der Waals surface area contributed by atoms with Gasteiger partial charge in [0, 0.05) is 11.3 Å². The zero-order valence-electron chi connectivity index (χ0n) is 10.5. The van der Waals surface area contributed by atoms with Crippen molar-refractivity contribution >= 4 is 5.69 Å². The van der Waals surface area contributed by atoms with Gasteiger partial charge in [-0.15, -0.1) is 5.10 Å². The highest BCUT2D eigenvalue weighted by Crippen LogP contribution is 2.21. The monoisotopic (exact) mass is 251 g/mol. The number of aromatic nitrogens is 4. The molecule has 0 unspecified atom stereocenters. The lowest BCUT2D eigenvalue weighted by molar-refractivity contribution is 0.791. The van der Waals surface area contributed by atoms with Gasteiger partial charge in [0.15, 0.2) is 5.82 Å². The third-order valence-corrected chi connectivity index (χ3v) is 3.00. The fourth-order valence-corrected chi connectivity index (χ4v) is 1.92. The molecule has 3 aromatic rings. The molecule has 0 bridgehead atoms. The van der Waals surface area contributed by atoms with E-state index >= 15 is 0 Å². The number of nitrogens with two attached hydrogens (primary N) is 1. The summed E-state index contributed by atoms with van der Waals surface area (Å²) in [6.07, 6.45) is 0. The Kier molecular flexibility index (Phi) is 2.72. The molecule has 1 aromatic heterocycles. The first-order valence-electron chi connectivity index (χ1n) is 5.96. The van der Waals surface area contributed by atoms with Gasteiger partial charge in [-0.1, -0.05) is 30.3 Å². The molecule has 19 heavy (non-hydrogen) atoms. The first-order valence-corrected chi connectivity index (χ1v) is 5.96. The predicted octanol–water partition coefficient (Wildman–Crippen LogP) is 2.22. The summed E-state index contributed by atoms with van der Waals surface area (Å²) < 4.78 is 1.71. The maximum Gasteiger partial charge on any atom is 0.187 e. The standard InChI is InChI=1S/C14H13N5/c1-10-9-12(7-8-13(10)15)19-14(16-17-18-19)11-5-3-2-4-6-11/h2-9H,15H2,1H3. The van der Waals surface area contributed by atoms with Crippen LogP contribution in [0.4, 0.5) is 5.69 Å². The number of aryl methyl sites for hydroxylation is 1. The molecule has 0 amide bonds. The zero-order valence-corrected chi connectivity index (χ0v) is 10.5. The highest BCUT2D eigenvalue weighted by atomic mass is 15.5. The molecule has 0 atom stereocenters. The molecule has 0 aliphatic rings. The van der Waals surface area contributed by atoms with Crippen LogP contribution in [0.1, 0.15) is 5.56 Å². The third kappa shape index (κ3) is 2.06. The van der Waals surface area contributed by atoms with E-state index in [2.05, 4.69) is 15.5 Å². The number of benzene rings is 2. The number of nitrogen functional groups attached to an aromatic ring is 1. The van der Waals surface area contributed by atoms with Crippen molar-refractivity contribution in [1.82, 2.24) is 20.2 Å². The second kappa shape index (κ2) is 4.53. The van der Waals surface area contributed by atoms with Crippen LogP contribution in [0.25, 0.3) is 17.1 Å². The summed E-state index contributed by atoms with van der Waals surface area (Å²) in [5.74, 6) is 0.713. The summed E-state index contributed by atoms with van der Waals surface area (Å²) in [5, 5.41) is 11.9. The first-order chi connectivity index (χ1) is 9.25. The molecule has 0 spiro atoms. The lowest BCUT2D eigenvalue weighted by Crippen LogP contribution is -2.01. The first kappa shape index (κ1) is 11.4. The molecule has 2 N–H and O–H groups in total. The Morgan fingerprint density at radius 1 is 1.05 bits per heavy atom. The molecule has 0 saturated heterocycles. The van der Waals surface area contributed by atoms with E-state index in [0.29, 0.717) is 5.82 Å². The minimum Gasteiger partial charge on any atom is -0.399 e. The summed E-state index contributed by atoms with van der Waals surface area (Å²) in [7, 11) is 0. The number of anilines is 1. The molecule has 0 radical (unpaired) electrons. The summed E-state index contributed by atoms with van der Waals surface area (Å²) in [6, 6.07) is 15.6. The summed E-state index contributed by atoms with van der Waals surface area (Å²) in [5.41, 5.74) is 9.47. The van der Waals surface area contributed by atoms with Gasteiger partial charge in [-0.25, -0.2) is 0 Å². The van der Waals surface area contributed by atoms with E-state index < -0.39 is 0 Å². The summed E-state index contributed by atoms with van der Waals surface area (Å²) in [4.78, 5) is 0. The van der Waals surface area contributed by atoms with E-state index in [9.17, 15) is 0 Å². The van der Waals surface area contributed by atoms with Crippen LogP contribution in [0.5, 0.6) is 0 Å². The maximum atomic E-state index is 5.83. The molecule has 5 nitrogen and oxygen atoms in total. The predicted molar refractivity (Wildman–Crippen MR) is 73.7 cm³/mol. The van der Waals surface area contributed by atoms with Gasteiger partial charge in [0.25, 0.3) is 0 Å². The second-order valence-electron chi connectivity index (χ2n) is 4.32. The molecular formula is C14H13N5. The van der Waals surface area contributed by atoms with Crippen LogP contribution in [0, 0.1) is 6.92 Å². The quantitative estimate of drug-likeness (QED) is 0.709. The van der Waals surface area contributed by atoms with E-state index in [1.165, 1.54) is 0 Å². The highest BCUT2D eigenvalue weighted by Gasteiger charge is 2.10. The van der Waals surface area contributed by atoms with Crippen molar-refractivity contribution in [3.8, 4) is 17.1 Å². The Balaban J connectivity index is 2.12. The van der Waals surface area contributed by atoms with Crippen LogP contribution in [-0.2, 0) is 0 Å². The number of rotatable bonds is 2. The van der Waals surface area contributed by atoms with Crippen LogP contribution in [0.15, 0.2) is 48.5 Å². The molecule has 94 valence electrons. The smallest absolute Gasteiger partial charge is 0.187 e. The Morgan fingerprint density at radius 2 is 1.84 bits per heavy atom. The minimum absolute atomic E-state index is 0.713. The average molecular weight is 251 g/mol. The molecule has 5 heteroatoms. The Labute approximate surface area is 110 Å². The van der Waals surface area contributed by atoms with Crippen molar-refractivity contribution in [3.63, 3.8) is 0 Å². The molecule has 0 aliphatic heterocycles. The van der Waals surface area contributed by atoms with E-state index in [0.717, 1.165) is 22.5 Å². The van der Waals surface area contributed by atoms with Gasteiger partial charge in [-0.3, -0.25) is 0 Å². The number of tetrazole rings is 1. The summed E-state index contributed by atoms with van der Waals surface area (Å²) >= 11 is 0. The Hall–Kier alpha value is -2.69. The summed E-state index contributed by atoms with van der Waals surface area (Å²) in [6.45, 7) is 1.96. The molecule has 0 saturated carbocycles. The topological polar surface area (TPSA) is 69.6 Å². The number of hydrogen-bond donors (Lipinski definition) is 1. The second-order valence-corrected chi connectivity index (χ2v) is 4.32. The normalized spacial score (nSPS) is 10.6. The Morgan fingerprint density at radius 3 is 2.58 bits per heavy atom. The molecular weight excluding hydrogens is 238 g/mol. The molecule has 3 rings (SSSR count). The van der Waals surface area contributed by atoms with Gasteiger partial charge in [-0.05, 0) is 41.1 Å². The van der Waals surface area contributed by atoms with Gasteiger partial charge < -0.3 is 5.73 Å². The van der Waals surface area contributed by atoms with Crippen molar-refractivity contribution in [2.45, 2.75) is 6.92 Å². The Bertz CT molecular complexity index is 703. The molecule has 0 aliphatic carbocycles. The van der Waals surface area contributed by atoms with Crippen molar-refractivity contribution < 1.29 is 0 Å². The molecule has 1 heterocycles. The highest BCUT2D eigenvalue weighted by molar-refractivity contribution is 5.59. The third-order valence-electron chi connectivity index (χ3n) is 3.00. The van der Waals surface area contributed by atoms with Crippen LogP contribution < -0.4 is 5.73 Å².